The molecule has 4 rings (SSSR count). The molecular weight excluding hydrogens is 500 g/mol. The summed E-state index contributed by atoms with van der Waals surface area (Å²) in [4.78, 5) is 26.1. The summed E-state index contributed by atoms with van der Waals surface area (Å²) in [5.41, 5.74) is 5.66. The molecule has 0 spiro atoms. The fourth-order valence-electron chi connectivity index (χ4n) is 4.61. The first kappa shape index (κ1) is 30.4. The highest BCUT2D eigenvalue weighted by Crippen LogP contribution is 2.40. The molecule has 0 saturated carbocycles. The van der Waals surface area contributed by atoms with Crippen molar-refractivity contribution in [3.8, 4) is 22.5 Å². The van der Waals surface area contributed by atoms with Gasteiger partial charge in [0.1, 0.15) is 25.4 Å². The molecule has 2 aromatic rings. The molecule has 1 heterocycles. The Morgan fingerprint density at radius 3 is 2.23 bits per heavy atom. The molecule has 40 heavy (non-hydrogen) atoms. The van der Waals surface area contributed by atoms with E-state index in [0.29, 0.717) is 25.1 Å². The first-order valence-electron chi connectivity index (χ1n) is 13.6. The third kappa shape index (κ3) is 7.08. The molecule has 1 aliphatic heterocycles. The number of carbonyl (C=O) groups excluding carboxylic acids is 2. The van der Waals surface area contributed by atoms with Crippen molar-refractivity contribution >= 4 is 28.5 Å². The summed E-state index contributed by atoms with van der Waals surface area (Å²) in [5, 5.41) is 7.98. The maximum atomic E-state index is 12.7. The third-order valence-electron chi connectivity index (χ3n) is 6.94. The quantitative estimate of drug-likeness (QED) is 0.160. The van der Waals surface area contributed by atoms with Crippen LogP contribution in [0.4, 0.5) is 5.69 Å². The largest absolute Gasteiger partial charge is 0.456 e. The molecule has 212 valence electrons. The Kier molecular flexibility index (Phi) is 10.5. The molecule has 2 amide bonds. The van der Waals surface area contributed by atoms with Crippen molar-refractivity contribution in [1.82, 2.24) is 15.2 Å². The average Bonchev–Trinajstić information content (AvgIpc) is 2.94. The van der Waals surface area contributed by atoms with E-state index in [1.165, 1.54) is 0 Å². The molecule has 7 nitrogen and oxygen atoms in total. The lowest BCUT2D eigenvalue weighted by molar-refractivity contribution is -0.120. The first-order valence-corrected chi connectivity index (χ1v) is 13.6. The number of hydrogen-bond acceptors (Lipinski definition) is 4. The minimum atomic E-state index is -0.0788. The Morgan fingerprint density at radius 2 is 1.57 bits per heavy atom. The van der Waals surface area contributed by atoms with Gasteiger partial charge < -0.3 is 20.0 Å². The van der Waals surface area contributed by atoms with E-state index in [4.69, 9.17) is 4.42 Å². The zero-order valence-corrected chi connectivity index (χ0v) is 23.6. The number of unbranched alkanes of at least 4 members (excludes halogenated alkanes) is 2. The summed E-state index contributed by atoms with van der Waals surface area (Å²) < 4.78 is 8.47. The number of rotatable bonds is 10. The van der Waals surface area contributed by atoms with Crippen LogP contribution in [0.25, 0.3) is 33.4 Å². The smallest absolute Gasteiger partial charge is 0.251 e. The second kappa shape index (κ2) is 13.8. The van der Waals surface area contributed by atoms with Crippen LogP contribution in [0, 0.1) is 0 Å². The molecular formula is C33H43N4O3+. The topological polar surface area (TPSA) is 77.6 Å². The van der Waals surface area contributed by atoms with Crippen molar-refractivity contribution in [2.75, 3.05) is 46.2 Å². The zero-order valence-electron chi connectivity index (χ0n) is 23.6. The van der Waals surface area contributed by atoms with Crippen molar-refractivity contribution < 1.29 is 14.0 Å². The minimum Gasteiger partial charge on any atom is -0.456 e. The summed E-state index contributed by atoms with van der Waals surface area (Å²) in [7, 11) is 8.07. The van der Waals surface area contributed by atoms with Gasteiger partial charge in [0, 0.05) is 73.5 Å². The summed E-state index contributed by atoms with van der Waals surface area (Å²) in [6, 6.07) is 20.3. The Bertz CT molecular complexity index is 1500. The molecule has 0 aromatic heterocycles. The molecule has 0 radical (unpaired) electrons. The van der Waals surface area contributed by atoms with Gasteiger partial charge in [-0.25, -0.2) is 4.58 Å². The standard InChI is InChI=1S/C32H38N4O3.CH4/c1-6-30(37)33-18-8-7-9-19-34-32(38)23-12-10-22(11-13-23)31-26-16-14-24(35(2)3)20-28(26)39-29-21-25(36(4)5)15-17-27(29)31;/h10-17,20-21H,6-9,18-19H2,1-5H3,(H-,33,34,37,38);1H4/p+1. The summed E-state index contributed by atoms with van der Waals surface area (Å²) in [6.45, 7) is 3.14. The van der Waals surface area contributed by atoms with Crippen LogP contribution in [0.3, 0.4) is 0 Å². The van der Waals surface area contributed by atoms with Gasteiger partial charge in [0.15, 0.2) is 0 Å². The number of nitrogens with zero attached hydrogens (tertiary/aromatic N) is 2. The first-order chi connectivity index (χ1) is 18.8. The number of fused-ring (bicyclic) bond motifs is 2. The monoisotopic (exact) mass is 543 g/mol. The van der Waals surface area contributed by atoms with Gasteiger partial charge in [-0.3, -0.25) is 9.59 Å². The normalized spacial score (nSPS) is 10.7. The van der Waals surface area contributed by atoms with E-state index in [1.807, 2.05) is 59.4 Å². The summed E-state index contributed by atoms with van der Waals surface area (Å²) >= 11 is 0. The van der Waals surface area contributed by atoms with Crippen molar-refractivity contribution in [2.45, 2.75) is 40.0 Å². The van der Waals surface area contributed by atoms with Crippen LogP contribution in [0.5, 0.6) is 0 Å². The van der Waals surface area contributed by atoms with Crippen molar-refractivity contribution in [1.29, 1.82) is 0 Å². The van der Waals surface area contributed by atoms with E-state index in [2.05, 4.69) is 56.5 Å². The van der Waals surface area contributed by atoms with Crippen LogP contribution in [0.1, 0.15) is 50.4 Å². The lowest BCUT2D eigenvalue weighted by Gasteiger charge is -2.18. The number of hydrogen-bond donors (Lipinski definition) is 2. The van der Waals surface area contributed by atoms with Gasteiger partial charge in [0.25, 0.3) is 5.91 Å². The predicted octanol–water partition coefficient (Wildman–Crippen LogP) is 5.36. The molecule has 0 atom stereocenters. The van der Waals surface area contributed by atoms with Gasteiger partial charge in [-0.05, 0) is 55.2 Å². The zero-order chi connectivity index (χ0) is 27.9. The van der Waals surface area contributed by atoms with Gasteiger partial charge in [-0.1, -0.05) is 26.5 Å². The molecule has 7 heteroatoms. The van der Waals surface area contributed by atoms with E-state index in [9.17, 15) is 9.59 Å². The highest BCUT2D eigenvalue weighted by Gasteiger charge is 2.19. The Hall–Kier alpha value is -4.13. The molecule has 1 aliphatic carbocycles. The molecule has 2 N–H and O–H groups in total. The molecule has 0 bridgehead atoms. The fourth-order valence-corrected chi connectivity index (χ4v) is 4.61. The van der Waals surface area contributed by atoms with E-state index in [-0.39, 0.29) is 19.2 Å². The van der Waals surface area contributed by atoms with Crippen LogP contribution >= 0.6 is 0 Å². The average molecular weight is 544 g/mol. The van der Waals surface area contributed by atoms with Crippen LogP contribution in [0.15, 0.2) is 65.1 Å². The highest BCUT2D eigenvalue weighted by atomic mass is 16.3. The van der Waals surface area contributed by atoms with Gasteiger partial charge >= 0.3 is 0 Å². The van der Waals surface area contributed by atoms with E-state index in [1.54, 1.807) is 0 Å². The van der Waals surface area contributed by atoms with Crippen molar-refractivity contribution in [3.05, 3.63) is 71.6 Å². The Morgan fingerprint density at radius 1 is 0.875 bits per heavy atom. The lowest BCUT2D eigenvalue weighted by atomic mass is 9.93. The minimum absolute atomic E-state index is 0. The predicted molar refractivity (Wildman–Crippen MR) is 166 cm³/mol. The van der Waals surface area contributed by atoms with Crippen LogP contribution in [-0.2, 0) is 4.79 Å². The van der Waals surface area contributed by atoms with Crippen LogP contribution in [0.2, 0.25) is 0 Å². The van der Waals surface area contributed by atoms with E-state index in [0.717, 1.165) is 63.7 Å². The lowest BCUT2D eigenvalue weighted by Crippen LogP contribution is -2.25. The van der Waals surface area contributed by atoms with Gasteiger partial charge in [0.05, 0.1) is 6.07 Å². The maximum Gasteiger partial charge on any atom is 0.251 e. The molecule has 0 unspecified atom stereocenters. The highest BCUT2D eigenvalue weighted by molar-refractivity contribution is 6.03. The maximum absolute atomic E-state index is 12.7. The summed E-state index contributed by atoms with van der Waals surface area (Å²) in [5.74, 6) is 0.815. The Labute approximate surface area is 237 Å². The number of benzene rings is 3. The Balaban J connectivity index is 0.00000441. The van der Waals surface area contributed by atoms with Crippen molar-refractivity contribution in [2.24, 2.45) is 0 Å². The van der Waals surface area contributed by atoms with Crippen LogP contribution in [-0.4, -0.2) is 53.1 Å². The molecule has 0 saturated heterocycles. The van der Waals surface area contributed by atoms with E-state index >= 15 is 0 Å². The van der Waals surface area contributed by atoms with Gasteiger partial charge in [0.2, 0.25) is 11.3 Å². The van der Waals surface area contributed by atoms with Crippen LogP contribution < -0.4 is 25.5 Å². The second-order valence-electron chi connectivity index (χ2n) is 10.2. The molecule has 0 fully saturated rings. The van der Waals surface area contributed by atoms with E-state index < -0.39 is 0 Å². The fraction of sp³-hybridized carbons (Fsp3) is 0.364. The third-order valence-corrected chi connectivity index (χ3v) is 6.94. The summed E-state index contributed by atoms with van der Waals surface area (Å²) in [6.07, 6.45) is 3.25. The number of amides is 2. The van der Waals surface area contributed by atoms with Crippen molar-refractivity contribution in [3.63, 3.8) is 0 Å². The molecule has 2 aromatic carbocycles. The number of anilines is 1. The van der Waals surface area contributed by atoms with Gasteiger partial charge in [-0.15, -0.1) is 0 Å². The second-order valence-corrected chi connectivity index (χ2v) is 10.2. The number of carbonyl (C=O) groups is 2. The molecule has 2 aliphatic rings. The SMILES string of the molecule is C.CCC(=O)NCCCCCNC(=O)c1ccc(-c2c3ccc(=[N+](C)C)cc-3oc3cc(N(C)C)ccc23)cc1. The number of nitrogens with one attached hydrogen (secondary N) is 2. The van der Waals surface area contributed by atoms with Gasteiger partial charge in [-0.2, -0.15) is 0 Å².